The Morgan fingerprint density at radius 2 is 1.90 bits per heavy atom. The smallest absolute Gasteiger partial charge is 0.276 e. The van der Waals surface area contributed by atoms with Gasteiger partial charge in [-0.25, -0.2) is 0 Å². The van der Waals surface area contributed by atoms with Crippen LogP contribution in [0.4, 0.5) is 0 Å². The summed E-state index contributed by atoms with van der Waals surface area (Å²) in [4.78, 5) is 24.2. The second kappa shape index (κ2) is 11.7. The van der Waals surface area contributed by atoms with Gasteiger partial charge in [0.05, 0.1) is 11.1 Å². The molecule has 0 spiro atoms. The highest BCUT2D eigenvalue weighted by Gasteiger charge is 2.12. The molecule has 0 aromatic heterocycles. The quantitative estimate of drug-likeness (QED) is 0.383. The lowest BCUT2D eigenvalue weighted by Crippen LogP contribution is -2.49. The third-order valence-corrected chi connectivity index (χ3v) is 4.95. The second-order valence-corrected chi connectivity index (χ2v) is 7.82. The Morgan fingerprint density at radius 1 is 1.13 bits per heavy atom. The summed E-state index contributed by atoms with van der Waals surface area (Å²) in [5.41, 5.74) is 6.03. The number of aryl methyl sites for hydroxylation is 1. The number of benzene rings is 2. The Labute approximate surface area is 193 Å². The molecule has 0 bridgehead atoms. The molecule has 0 aliphatic heterocycles. The SMILES string of the molecule is CCCOc1ccc(C(=O)NC(=S)NNC(=O)COc2ccc(Cl)c(C)c2)cc1Br. The number of halogens is 2. The number of nitrogens with one attached hydrogen (secondary N) is 3. The fraction of sp³-hybridized carbons (Fsp3) is 0.250. The van der Waals surface area contributed by atoms with Gasteiger partial charge < -0.3 is 9.47 Å². The number of carbonyl (C=O) groups excluding carboxylic acids is 2. The third kappa shape index (κ3) is 7.47. The topological polar surface area (TPSA) is 88.7 Å². The molecular formula is C20H21BrClN3O4S. The van der Waals surface area contributed by atoms with E-state index in [2.05, 4.69) is 32.1 Å². The van der Waals surface area contributed by atoms with E-state index >= 15 is 0 Å². The van der Waals surface area contributed by atoms with E-state index in [0.29, 0.717) is 33.2 Å². The van der Waals surface area contributed by atoms with Gasteiger partial charge >= 0.3 is 0 Å². The minimum Gasteiger partial charge on any atom is -0.492 e. The molecule has 0 saturated carbocycles. The fourth-order valence-electron chi connectivity index (χ4n) is 2.20. The first kappa shape index (κ1) is 23.9. The lowest BCUT2D eigenvalue weighted by atomic mass is 10.2. The van der Waals surface area contributed by atoms with Gasteiger partial charge in [0.25, 0.3) is 11.8 Å². The normalized spacial score (nSPS) is 10.1. The van der Waals surface area contributed by atoms with Crippen molar-refractivity contribution < 1.29 is 19.1 Å². The summed E-state index contributed by atoms with van der Waals surface area (Å²) in [7, 11) is 0. The minimum absolute atomic E-state index is 0.0573. The average Bonchev–Trinajstić information content (AvgIpc) is 2.72. The summed E-state index contributed by atoms with van der Waals surface area (Å²) in [6.45, 7) is 4.19. The van der Waals surface area contributed by atoms with Crippen LogP contribution in [-0.4, -0.2) is 30.1 Å². The van der Waals surface area contributed by atoms with Crippen LogP contribution in [0.1, 0.15) is 29.3 Å². The van der Waals surface area contributed by atoms with Crippen molar-refractivity contribution in [2.24, 2.45) is 0 Å². The van der Waals surface area contributed by atoms with Crippen molar-refractivity contribution in [3.8, 4) is 11.5 Å². The van der Waals surface area contributed by atoms with Gasteiger partial charge in [0.2, 0.25) is 0 Å². The Balaban J connectivity index is 1.78. The summed E-state index contributed by atoms with van der Waals surface area (Å²) >= 11 is 14.3. The molecule has 0 heterocycles. The van der Waals surface area contributed by atoms with Gasteiger partial charge in [0.1, 0.15) is 11.5 Å². The predicted molar refractivity (Wildman–Crippen MR) is 123 cm³/mol. The maximum Gasteiger partial charge on any atom is 0.276 e. The second-order valence-electron chi connectivity index (χ2n) is 6.15. The maximum absolute atomic E-state index is 12.3. The lowest BCUT2D eigenvalue weighted by Gasteiger charge is -2.12. The third-order valence-electron chi connectivity index (χ3n) is 3.70. The van der Waals surface area contributed by atoms with E-state index in [1.54, 1.807) is 36.4 Å². The van der Waals surface area contributed by atoms with Crippen LogP contribution < -0.4 is 25.6 Å². The number of hydrogen-bond acceptors (Lipinski definition) is 5. The lowest BCUT2D eigenvalue weighted by molar-refractivity contribution is -0.123. The van der Waals surface area contributed by atoms with Crippen LogP contribution in [0.2, 0.25) is 5.02 Å². The molecule has 0 aliphatic rings. The van der Waals surface area contributed by atoms with Gasteiger partial charge in [-0.2, -0.15) is 0 Å². The fourth-order valence-corrected chi connectivity index (χ4v) is 2.95. The van der Waals surface area contributed by atoms with Crippen molar-refractivity contribution in [1.29, 1.82) is 0 Å². The number of thiocarbonyl (C=S) groups is 1. The number of ether oxygens (including phenoxy) is 2. The first-order chi connectivity index (χ1) is 14.3. The van der Waals surface area contributed by atoms with Crippen LogP contribution in [0, 0.1) is 6.92 Å². The predicted octanol–water partition coefficient (Wildman–Crippen LogP) is 3.91. The zero-order chi connectivity index (χ0) is 22.1. The number of carbonyl (C=O) groups is 2. The van der Waals surface area contributed by atoms with Crippen LogP contribution in [0.25, 0.3) is 0 Å². The number of hydrogen-bond donors (Lipinski definition) is 3. The first-order valence-electron chi connectivity index (χ1n) is 9.01. The van der Waals surface area contributed by atoms with Gasteiger partial charge in [-0.1, -0.05) is 18.5 Å². The molecule has 0 fully saturated rings. The molecule has 0 saturated heterocycles. The van der Waals surface area contributed by atoms with Gasteiger partial charge in [0.15, 0.2) is 11.7 Å². The van der Waals surface area contributed by atoms with Crippen LogP contribution in [-0.2, 0) is 4.79 Å². The summed E-state index contributed by atoms with van der Waals surface area (Å²) < 4.78 is 11.6. The van der Waals surface area contributed by atoms with E-state index in [4.69, 9.17) is 33.3 Å². The van der Waals surface area contributed by atoms with E-state index in [1.165, 1.54) is 0 Å². The van der Waals surface area contributed by atoms with Crippen molar-refractivity contribution in [2.45, 2.75) is 20.3 Å². The highest BCUT2D eigenvalue weighted by Crippen LogP contribution is 2.26. The monoisotopic (exact) mass is 513 g/mol. The van der Waals surface area contributed by atoms with Gasteiger partial charge in [-0.15, -0.1) is 0 Å². The summed E-state index contributed by atoms with van der Waals surface area (Å²) in [6, 6.07) is 10.0. The summed E-state index contributed by atoms with van der Waals surface area (Å²) in [5.74, 6) is 0.258. The van der Waals surface area contributed by atoms with Gasteiger partial charge in [0, 0.05) is 10.6 Å². The molecule has 2 aromatic carbocycles. The maximum atomic E-state index is 12.3. The van der Waals surface area contributed by atoms with Crippen LogP contribution in [0.15, 0.2) is 40.9 Å². The molecule has 0 unspecified atom stereocenters. The molecule has 160 valence electrons. The van der Waals surface area contributed by atoms with Gasteiger partial charge in [-0.3, -0.25) is 25.8 Å². The van der Waals surface area contributed by atoms with Crippen molar-refractivity contribution in [2.75, 3.05) is 13.2 Å². The summed E-state index contributed by atoms with van der Waals surface area (Å²) in [6.07, 6.45) is 0.880. The Kier molecular flexibility index (Phi) is 9.35. The van der Waals surface area contributed by atoms with E-state index in [-0.39, 0.29) is 11.7 Å². The molecule has 30 heavy (non-hydrogen) atoms. The number of amides is 2. The van der Waals surface area contributed by atoms with Crippen LogP contribution in [0.3, 0.4) is 0 Å². The van der Waals surface area contributed by atoms with Crippen LogP contribution >= 0.6 is 39.7 Å². The van der Waals surface area contributed by atoms with E-state index in [9.17, 15) is 9.59 Å². The molecule has 10 heteroatoms. The average molecular weight is 515 g/mol. The highest BCUT2D eigenvalue weighted by molar-refractivity contribution is 9.10. The molecule has 2 rings (SSSR count). The van der Waals surface area contributed by atoms with Crippen molar-refractivity contribution in [1.82, 2.24) is 16.2 Å². The Hall–Kier alpha value is -2.36. The number of hydrazine groups is 1. The molecule has 2 aromatic rings. The van der Waals surface area contributed by atoms with Crippen molar-refractivity contribution in [3.63, 3.8) is 0 Å². The highest BCUT2D eigenvalue weighted by atomic mass is 79.9. The molecule has 0 atom stereocenters. The largest absolute Gasteiger partial charge is 0.492 e. The Bertz CT molecular complexity index is 942. The van der Waals surface area contributed by atoms with E-state index in [1.807, 2.05) is 13.8 Å². The minimum atomic E-state index is -0.473. The van der Waals surface area contributed by atoms with Crippen molar-refractivity contribution >= 4 is 56.7 Å². The van der Waals surface area contributed by atoms with Gasteiger partial charge in [-0.05, 0) is 83.5 Å². The van der Waals surface area contributed by atoms with E-state index in [0.717, 1.165) is 12.0 Å². The Morgan fingerprint density at radius 3 is 2.57 bits per heavy atom. The van der Waals surface area contributed by atoms with Crippen molar-refractivity contribution in [3.05, 3.63) is 57.0 Å². The standard InChI is InChI=1S/C20H21BrClN3O4S/c1-3-8-28-17-7-4-13(10-15(17)21)19(27)23-20(30)25-24-18(26)11-29-14-5-6-16(22)12(2)9-14/h4-7,9-10H,3,8,11H2,1-2H3,(H,24,26)(H2,23,25,27,30). The molecule has 0 aliphatic carbocycles. The molecular weight excluding hydrogens is 494 g/mol. The van der Waals surface area contributed by atoms with Crippen LogP contribution in [0.5, 0.6) is 11.5 Å². The number of rotatable bonds is 7. The first-order valence-corrected chi connectivity index (χ1v) is 10.6. The van der Waals surface area contributed by atoms with E-state index < -0.39 is 11.8 Å². The molecule has 0 radical (unpaired) electrons. The summed E-state index contributed by atoms with van der Waals surface area (Å²) in [5, 5.41) is 3.04. The molecule has 7 nitrogen and oxygen atoms in total. The molecule has 2 amide bonds. The zero-order valence-electron chi connectivity index (χ0n) is 16.4. The molecule has 3 N–H and O–H groups in total. The zero-order valence-corrected chi connectivity index (χ0v) is 19.5.